The Bertz CT molecular complexity index is 608. The molecule has 0 saturated carbocycles. The van der Waals surface area contributed by atoms with Gasteiger partial charge in [0.1, 0.15) is 12.0 Å². The van der Waals surface area contributed by atoms with Gasteiger partial charge in [-0.05, 0) is 41.7 Å². The molecule has 0 aliphatic carbocycles. The molecular weight excluding hydrogens is 272 g/mol. The van der Waals surface area contributed by atoms with Gasteiger partial charge in [-0.15, -0.1) is 11.3 Å². The predicted octanol–water partition coefficient (Wildman–Crippen LogP) is 5.10. The summed E-state index contributed by atoms with van der Waals surface area (Å²) in [5.41, 5.74) is 0.684. The molecule has 2 aromatic rings. The Hall–Kier alpha value is -1.13. The number of rotatable bonds is 3. The Kier molecular flexibility index (Phi) is 3.58. The zero-order valence-electron chi connectivity index (χ0n) is 12.1. The van der Waals surface area contributed by atoms with Crippen molar-refractivity contribution in [1.82, 2.24) is 0 Å². The highest BCUT2D eigenvalue weighted by molar-refractivity contribution is 7.17. The minimum atomic E-state index is -1.88. The fraction of sp³-hybridized carbons (Fsp3) is 0.400. The lowest BCUT2D eigenvalue weighted by Crippen LogP contribution is -2.43. The Balaban J connectivity index is 2.50. The molecule has 4 heteroatoms. The number of carbonyl (C=O) groups is 1. The average Bonchev–Trinajstić information content (AvgIpc) is 2.75. The van der Waals surface area contributed by atoms with Gasteiger partial charge in [-0.1, -0.05) is 20.8 Å². The zero-order chi connectivity index (χ0) is 14.3. The lowest BCUT2D eigenvalue weighted by atomic mass is 10.2. The van der Waals surface area contributed by atoms with E-state index in [0.717, 1.165) is 22.1 Å². The van der Waals surface area contributed by atoms with E-state index in [4.69, 9.17) is 4.43 Å². The van der Waals surface area contributed by atoms with Crippen LogP contribution in [0.4, 0.5) is 0 Å². The number of thiophene rings is 1. The molecule has 0 N–H and O–H groups in total. The molecule has 0 radical (unpaired) electrons. The molecule has 1 aromatic carbocycles. The van der Waals surface area contributed by atoms with Crippen molar-refractivity contribution < 1.29 is 9.22 Å². The van der Waals surface area contributed by atoms with Gasteiger partial charge >= 0.3 is 0 Å². The summed E-state index contributed by atoms with van der Waals surface area (Å²) >= 11 is 1.64. The predicted molar refractivity (Wildman–Crippen MR) is 85.0 cm³/mol. The van der Waals surface area contributed by atoms with Crippen LogP contribution >= 0.6 is 11.3 Å². The first-order valence-electron chi connectivity index (χ1n) is 6.40. The van der Waals surface area contributed by atoms with Crippen LogP contribution in [-0.4, -0.2) is 14.6 Å². The van der Waals surface area contributed by atoms with E-state index in [-0.39, 0.29) is 5.04 Å². The number of benzene rings is 1. The Morgan fingerprint density at radius 3 is 2.53 bits per heavy atom. The van der Waals surface area contributed by atoms with Crippen molar-refractivity contribution in [1.29, 1.82) is 0 Å². The quantitative estimate of drug-likeness (QED) is 0.581. The number of hydrogen-bond donors (Lipinski definition) is 0. The van der Waals surface area contributed by atoms with E-state index < -0.39 is 8.32 Å². The summed E-state index contributed by atoms with van der Waals surface area (Å²) in [7, 11) is -1.88. The summed E-state index contributed by atoms with van der Waals surface area (Å²) in [5, 5.41) is 3.30. The highest BCUT2D eigenvalue weighted by Crippen LogP contribution is 2.40. The normalized spacial score (nSPS) is 12.7. The van der Waals surface area contributed by atoms with Gasteiger partial charge < -0.3 is 4.43 Å². The van der Waals surface area contributed by atoms with Crippen LogP contribution in [0.15, 0.2) is 23.6 Å². The number of carbonyl (C=O) groups excluding carboxylic acids is 1. The van der Waals surface area contributed by atoms with Crippen LogP contribution in [-0.2, 0) is 0 Å². The maximum atomic E-state index is 11.0. The van der Waals surface area contributed by atoms with E-state index in [1.807, 2.05) is 17.5 Å². The molecular formula is C15H20O2SSi. The van der Waals surface area contributed by atoms with Crippen molar-refractivity contribution in [2.45, 2.75) is 38.9 Å². The van der Waals surface area contributed by atoms with Crippen molar-refractivity contribution >= 4 is 36.0 Å². The van der Waals surface area contributed by atoms with Gasteiger partial charge in [-0.25, -0.2) is 0 Å². The van der Waals surface area contributed by atoms with Crippen LogP contribution in [0, 0.1) is 0 Å². The van der Waals surface area contributed by atoms with Crippen LogP contribution in [0.5, 0.6) is 5.75 Å². The van der Waals surface area contributed by atoms with Crippen molar-refractivity contribution in [2.75, 3.05) is 0 Å². The van der Waals surface area contributed by atoms with Gasteiger partial charge in [-0.3, -0.25) is 4.79 Å². The molecule has 0 aliphatic heterocycles. The third-order valence-electron chi connectivity index (χ3n) is 3.86. The van der Waals surface area contributed by atoms with Crippen LogP contribution in [0.1, 0.15) is 31.1 Å². The molecule has 1 heterocycles. The first-order chi connectivity index (χ1) is 8.74. The first kappa shape index (κ1) is 14.3. The minimum absolute atomic E-state index is 0.145. The topological polar surface area (TPSA) is 26.3 Å². The second-order valence-corrected chi connectivity index (χ2v) is 12.0. The summed E-state index contributed by atoms with van der Waals surface area (Å²) < 4.78 is 7.48. The molecule has 0 saturated heterocycles. The maximum Gasteiger partial charge on any atom is 0.250 e. The van der Waals surface area contributed by atoms with Gasteiger partial charge in [0.2, 0.25) is 0 Å². The summed E-state index contributed by atoms with van der Waals surface area (Å²) in [4.78, 5) is 11.0. The number of hydrogen-bond acceptors (Lipinski definition) is 3. The van der Waals surface area contributed by atoms with Crippen molar-refractivity contribution in [2.24, 2.45) is 0 Å². The molecule has 19 heavy (non-hydrogen) atoms. The zero-order valence-corrected chi connectivity index (χ0v) is 13.9. The maximum absolute atomic E-state index is 11.0. The summed E-state index contributed by atoms with van der Waals surface area (Å²) in [6.45, 7) is 11.1. The average molecular weight is 292 g/mol. The van der Waals surface area contributed by atoms with Crippen LogP contribution < -0.4 is 4.43 Å². The van der Waals surface area contributed by atoms with Crippen molar-refractivity contribution in [3.63, 3.8) is 0 Å². The lowest BCUT2D eigenvalue weighted by molar-refractivity contribution is 0.112. The highest BCUT2D eigenvalue weighted by atomic mass is 32.1. The minimum Gasteiger partial charge on any atom is -0.543 e. The van der Waals surface area contributed by atoms with Gasteiger partial charge in [0.15, 0.2) is 0 Å². The van der Waals surface area contributed by atoms with E-state index in [0.29, 0.717) is 5.56 Å². The van der Waals surface area contributed by atoms with Crippen molar-refractivity contribution in [3.05, 3.63) is 29.1 Å². The summed E-state index contributed by atoms with van der Waals surface area (Å²) in [6, 6.07) is 5.85. The third-order valence-corrected chi connectivity index (χ3v) is 9.07. The van der Waals surface area contributed by atoms with Crippen LogP contribution in [0.2, 0.25) is 18.1 Å². The van der Waals surface area contributed by atoms with E-state index in [1.165, 1.54) is 0 Å². The fourth-order valence-corrected chi connectivity index (χ4v) is 3.51. The van der Waals surface area contributed by atoms with E-state index in [9.17, 15) is 4.79 Å². The molecule has 2 nitrogen and oxygen atoms in total. The van der Waals surface area contributed by atoms with Crippen LogP contribution in [0.3, 0.4) is 0 Å². The highest BCUT2D eigenvalue weighted by Gasteiger charge is 2.39. The summed E-state index contributed by atoms with van der Waals surface area (Å²) in [5.74, 6) is 0.854. The molecule has 102 valence electrons. The Morgan fingerprint density at radius 1 is 1.26 bits per heavy atom. The SMILES string of the molecule is CC(C)(C)[Si](C)(C)Oc1cc(C=O)cc2sccc12. The van der Waals surface area contributed by atoms with E-state index in [1.54, 1.807) is 11.3 Å². The molecule has 0 atom stereocenters. The monoisotopic (exact) mass is 292 g/mol. The molecule has 0 spiro atoms. The molecule has 1 aromatic heterocycles. The smallest absolute Gasteiger partial charge is 0.250 e. The Morgan fingerprint density at radius 2 is 1.95 bits per heavy atom. The summed E-state index contributed by atoms with van der Waals surface area (Å²) in [6.07, 6.45) is 0.887. The fourth-order valence-electron chi connectivity index (χ4n) is 1.64. The third kappa shape index (κ3) is 2.74. The standard InChI is InChI=1S/C15H20O2SSi/c1-15(2,3)19(4,5)17-13-8-11(10-16)9-14-12(13)6-7-18-14/h6-10H,1-5H3. The number of aldehydes is 1. The molecule has 0 fully saturated rings. The van der Waals surface area contributed by atoms with E-state index >= 15 is 0 Å². The van der Waals surface area contributed by atoms with E-state index in [2.05, 4.69) is 39.9 Å². The van der Waals surface area contributed by atoms with Crippen LogP contribution in [0.25, 0.3) is 10.1 Å². The molecule has 0 amide bonds. The first-order valence-corrected chi connectivity index (χ1v) is 10.2. The molecule has 2 rings (SSSR count). The second-order valence-electron chi connectivity index (χ2n) is 6.33. The molecule has 0 aliphatic rings. The Labute approximate surface area is 119 Å². The van der Waals surface area contributed by atoms with Crippen molar-refractivity contribution in [3.8, 4) is 5.75 Å². The largest absolute Gasteiger partial charge is 0.543 e. The van der Waals surface area contributed by atoms with Gasteiger partial charge in [0.25, 0.3) is 8.32 Å². The second kappa shape index (κ2) is 4.76. The van der Waals surface area contributed by atoms with Gasteiger partial charge in [0.05, 0.1) is 0 Å². The molecule has 0 unspecified atom stereocenters. The van der Waals surface area contributed by atoms with Gasteiger partial charge in [-0.2, -0.15) is 0 Å². The lowest BCUT2D eigenvalue weighted by Gasteiger charge is -2.36. The van der Waals surface area contributed by atoms with Gasteiger partial charge in [0, 0.05) is 15.6 Å². The molecule has 0 bridgehead atoms. The number of fused-ring (bicyclic) bond motifs is 1.